The second-order valence-electron chi connectivity index (χ2n) is 10.4. The summed E-state index contributed by atoms with van der Waals surface area (Å²) in [4.78, 5) is 30.6. The fourth-order valence-electron chi connectivity index (χ4n) is 4.98. The first-order valence-corrected chi connectivity index (χ1v) is 13.5. The number of rotatable bonds is 10. The van der Waals surface area contributed by atoms with E-state index in [4.69, 9.17) is 18.9 Å². The van der Waals surface area contributed by atoms with Crippen molar-refractivity contribution in [3.05, 3.63) is 76.5 Å². The minimum Gasteiger partial charge on any atom is -0.496 e. The molecule has 236 valence electrons. The van der Waals surface area contributed by atoms with E-state index in [1.165, 1.54) is 26.2 Å². The van der Waals surface area contributed by atoms with Crippen LogP contribution in [0.1, 0.15) is 54.3 Å². The number of aryl methyl sites for hydroxylation is 1. The average molecular weight is 623 g/mol. The van der Waals surface area contributed by atoms with Crippen LogP contribution in [-0.4, -0.2) is 49.3 Å². The van der Waals surface area contributed by atoms with Crippen LogP contribution in [0.25, 0.3) is 11.1 Å². The Morgan fingerprint density at radius 3 is 2.27 bits per heavy atom. The number of carbonyl (C=O) groups is 2. The lowest BCUT2D eigenvalue weighted by atomic mass is 9.95. The van der Waals surface area contributed by atoms with E-state index in [9.17, 15) is 31.5 Å². The van der Waals surface area contributed by atoms with Crippen molar-refractivity contribution in [3.8, 4) is 22.8 Å². The Hall–Kier alpha value is -4.42. The minimum atomic E-state index is -4.90. The monoisotopic (exact) mass is 622 g/mol. The molecule has 1 fully saturated rings. The van der Waals surface area contributed by atoms with Gasteiger partial charge in [-0.15, -0.1) is 0 Å². The maximum atomic E-state index is 14.2. The molecular formula is C31H31F5N2O6. The topological polar surface area (TPSA) is 87.2 Å². The number of pyridine rings is 1. The third kappa shape index (κ3) is 7.03. The number of esters is 1. The zero-order valence-electron chi connectivity index (χ0n) is 24.6. The van der Waals surface area contributed by atoms with E-state index < -0.39 is 41.5 Å². The smallest absolute Gasteiger partial charge is 0.416 e. The predicted molar refractivity (Wildman–Crippen MR) is 148 cm³/mol. The van der Waals surface area contributed by atoms with Crippen molar-refractivity contribution >= 4 is 12.1 Å². The van der Waals surface area contributed by atoms with Gasteiger partial charge in [-0.25, -0.2) is 18.6 Å². The highest BCUT2D eigenvalue weighted by Gasteiger charge is 2.43. The average Bonchev–Trinajstić information content (AvgIpc) is 3.26. The summed E-state index contributed by atoms with van der Waals surface area (Å²) in [5.74, 6) is -3.23. The maximum absolute atomic E-state index is 14.2. The SMILES string of the molecule is COC(=O)CCc1ccc(OC)c(-c2ccc(OC)nc2CN2C(=O)O[C@H](c3cc(C(C)(F)F)cc(C(F)(F)F)c3)[C@@H]2C)c1. The van der Waals surface area contributed by atoms with Gasteiger partial charge in [0.05, 0.1) is 45.2 Å². The molecule has 44 heavy (non-hydrogen) atoms. The van der Waals surface area contributed by atoms with Gasteiger partial charge in [-0.05, 0) is 60.9 Å². The zero-order chi connectivity index (χ0) is 32.4. The second kappa shape index (κ2) is 12.7. The number of carbonyl (C=O) groups excluding carboxylic acids is 2. The van der Waals surface area contributed by atoms with Gasteiger partial charge in [0, 0.05) is 36.1 Å². The quantitative estimate of drug-likeness (QED) is 0.176. The summed E-state index contributed by atoms with van der Waals surface area (Å²) in [6.07, 6.45) is -6.49. The van der Waals surface area contributed by atoms with E-state index in [0.29, 0.717) is 48.0 Å². The van der Waals surface area contributed by atoms with E-state index in [0.717, 1.165) is 11.6 Å². The number of cyclic esters (lactones) is 1. The van der Waals surface area contributed by atoms with Crippen molar-refractivity contribution < 1.29 is 50.5 Å². The van der Waals surface area contributed by atoms with Crippen LogP contribution >= 0.6 is 0 Å². The third-order valence-corrected chi connectivity index (χ3v) is 7.39. The molecule has 2 heterocycles. The van der Waals surface area contributed by atoms with Gasteiger partial charge >= 0.3 is 18.2 Å². The van der Waals surface area contributed by atoms with Gasteiger partial charge in [0.25, 0.3) is 5.92 Å². The summed E-state index contributed by atoms with van der Waals surface area (Å²) >= 11 is 0. The Kier molecular flexibility index (Phi) is 9.36. The van der Waals surface area contributed by atoms with Crippen LogP contribution in [-0.2, 0) is 39.3 Å². The molecule has 0 saturated carbocycles. The van der Waals surface area contributed by atoms with Crippen molar-refractivity contribution in [3.63, 3.8) is 0 Å². The normalized spacial score (nSPS) is 17.0. The summed E-state index contributed by atoms with van der Waals surface area (Å²) in [6.45, 7) is 1.89. The zero-order valence-corrected chi connectivity index (χ0v) is 24.6. The van der Waals surface area contributed by atoms with Crippen LogP contribution in [0.2, 0.25) is 0 Å². The van der Waals surface area contributed by atoms with Crippen LogP contribution in [0, 0.1) is 0 Å². The molecule has 0 aliphatic carbocycles. The van der Waals surface area contributed by atoms with Crippen LogP contribution < -0.4 is 9.47 Å². The lowest BCUT2D eigenvalue weighted by molar-refractivity contribution is -0.140. The number of aromatic nitrogens is 1. The molecule has 3 aromatic rings. The highest BCUT2D eigenvalue weighted by atomic mass is 19.4. The molecule has 2 aromatic carbocycles. The number of methoxy groups -OCH3 is 3. The van der Waals surface area contributed by atoms with E-state index in [1.54, 1.807) is 31.2 Å². The lowest BCUT2D eigenvalue weighted by Crippen LogP contribution is -2.32. The van der Waals surface area contributed by atoms with Gasteiger partial charge in [-0.2, -0.15) is 13.2 Å². The first kappa shape index (κ1) is 32.5. The standard InChI is InChI=1S/C31H31F5N2O6/c1-17-28(19-13-20(30(2,32)33)15-21(14-19)31(34,35)36)44-29(40)38(17)16-24-22(8-10-26(37-24)42-4)23-12-18(6-9-25(23)41-3)7-11-27(39)43-5/h6,8-10,12-15,17,28H,7,11,16H2,1-5H3/t17-,28-/m0/s1. The Balaban J connectivity index is 1.72. The largest absolute Gasteiger partial charge is 0.496 e. The summed E-state index contributed by atoms with van der Waals surface area (Å²) in [6, 6.07) is 9.85. The predicted octanol–water partition coefficient (Wildman–Crippen LogP) is 7.08. The molecule has 8 nitrogen and oxygen atoms in total. The highest BCUT2D eigenvalue weighted by molar-refractivity contribution is 5.76. The highest BCUT2D eigenvalue weighted by Crippen LogP contribution is 2.41. The molecule has 0 N–H and O–H groups in total. The van der Waals surface area contributed by atoms with Crippen LogP contribution in [0.5, 0.6) is 11.6 Å². The van der Waals surface area contributed by atoms with Gasteiger partial charge in [0.15, 0.2) is 0 Å². The molecule has 1 aliphatic heterocycles. The Morgan fingerprint density at radius 1 is 0.955 bits per heavy atom. The molecule has 1 saturated heterocycles. The number of hydrogen-bond donors (Lipinski definition) is 0. The second-order valence-corrected chi connectivity index (χ2v) is 10.4. The minimum absolute atomic E-state index is 0.149. The molecule has 1 aliphatic rings. The molecule has 1 amide bonds. The first-order valence-electron chi connectivity index (χ1n) is 13.5. The summed E-state index contributed by atoms with van der Waals surface area (Å²) in [7, 11) is 4.20. The van der Waals surface area contributed by atoms with Crippen LogP contribution in [0.4, 0.5) is 26.7 Å². The molecule has 0 unspecified atom stereocenters. The Bertz CT molecular complexity index is 1510. The number of ether oxygens (including phenoxy) is 4. The number of halogens is 5. The Morgan fingerprint density at radius 2 is 1.66 bits per heavy atom. The number of amides is 1. The molecule has 4 rings (SSSR count). The van der Waals surface area contributed by atoms with Crippen LogP contribution in [0.3, 0.4) is 0 Å². The number of hydrogen-bond acceptors (Lipinski definition) is 7. The Labute approximate surface area is 250 Å². The number of nitrogens with zero attached hydrogens (tertiary/aromatic N) is 2. The molecule has 0 spiro atoms. The molecule has 13 heteroatoms. The van der Waals surface area contributed by atoms with E-state index in [2.05, 4.69) is 4.98 Å². The molecular weight excluding hydrogens is 591 g/mol. The van der Waals surface area contributed by atoms with Crippen molar-refractivity contribution in [1.82, 2.24) is 9.88 Å². The van der Waals surface area contributed by atoms with E-state index >= 15 is 0 Å². The summed E-state index contributed by atoms with van der Waals surface area (Å²) in [5, 5.41) is 0. The van der Waals surface area contributed by atoms with Gasteiger partial charge in [-0.1, -0.05) is 6.07 Å². The lowest BCUT2D eigenvalue weighted by Gasteiger charge is -2.24. The molecule has 0 radical (unpaired) electrons. The first-order chi connectivity index (χ1) is 20.7. The molecule has 2 atom stereocenters. The number of benzene rings is 2. The third-order valence-electron chi connectivity index (χ3n) is 7.39. The molecule has 1 aromatic heterocycles. The molecule has 0 bridgehead atoms. The van der Waals surface area contributed by atoms with Gasteiger partial charge in [-0.3, -0.25) is 9.69 Å². The van der Waals surface area contributed by atoms with Crippen molar-refractivity contribution in [2.75, 3.05) is 21.3 Å². The van der Waals surface area contributed by atoms with Gasteiger partial charge < -0.3 is 18.9 Å². The van der Waals surface area contributed by atoms with Crippen molar-refractivity contribution in [2.45, 2.75) is 57.5 Å². The van der Waals surface area contributed by atoms with Gasteiger partial charge in [0.1, 0.15) is 11.9 Å². The van der Waals surface area contributed by atoms with Crippen molar-refractivity contribution in [1.29, 1.82) is 0 Å². The van der Waals surface area contributed by atoms with E-state index in [1.807, 2.05) is 6.07 Å². The van der Waals surface area contributed by atoms with E-state index in [-0.39, 0.29) is 30.4 Å². The van der Waals surface area contributed by atoms with Crippen molar-refractivity contribution in [2.24, 2.45) is 0 Å². The fraction of sp³-hybridized carbons (Fsp3) is 0.387. The summed E-state index contributed by atoms with van der Waals surface area (Å²) in [5.41, 5.74) is -0.0258. The summed E-state index contributed by atoms with van der Waals surface area (Å²) < 4.78 is 90.2. The van der Waals surface area contributed by atoms with Gasteiger partial charge in [0.2, 0.25) is 5.88 Å². The maximum Gasteiger partial charge on any atom is 0.416 e. The number of alkyl halides is 5. The van der Waals surface area contributed by atoms with Crippen LogP contribution in [0.15, 0.2) is 48.5 Å². The fourth-order valence-corrected chi connectivity index (χ4v) is 4.98.